The zero-order valence-corrected chi connectivity index (χ0v) is 11.3. The van der Waals surface area contributed by atoms with E-state index in [-0.39, 0.29) is 17.7 Å². The first kappa shape index (κ1) is 13.5. The van der Waals surface area contributed by atoms with Crippen LogP contribution in [-0.2, 0) is 10.0 Å². The number of aromatic amines is 1. The summed E-state index contributed by atoms with van der Waals surface area (Å²) in [7, 11) is -3.51. The molecule has 0 unspecified atom stereocenters. The smallest absolute Gasteiger partial charge is 0.260 e. The van der Waals surface area contributed by atoms with E-state index in [0.717, 1.165) is 19.3 Å². The highest BCUT2D eigenvalue weighted by molar-refractivity contribution is 7.89. The van der Waals surface area contributed by atoms with Crippen molar-refractivity contribution in [3.63, 3.8) is 0 Å². The molecule has 18 heavy (non-hydrogen) atoms. The summed E-state index contributed by atoms with van der Waals surface area (Å²) < 4.78 is 26.4. The summed E-state index contributed by atoms with van der Waals surface area (Å²) in [5.74, 6) is 0.587. The minimum Gasteiger partial charge on any atom is -0.396 e. The third-order valence-electron chi connectivity index (χ3n) is 3.28. The SMILES string of the molecule is Cc1ncc(S(=O)(=O)N(CCCO)C2CCC2)[nH]1. The first-order valence-corrected chi connectivity index (χ1v) is 7.64. The maximum atomic E-state index is 12.5. The molecule has 0 spiro atoms. The fourth-order valence-corrected chi connectivity index (χ4v) is 3.74. The lowest BCUT2D eigenvalue weighted by Gasteiger charge is -2.36. The van der Waals surface area contributed by atoms with Crippen LogP contribution in [0.25, 0.3) is 0 Å². The molecule has 1 aliphatic rings. The molecule has 1 aliphatic carbocycles. The zero-order valence-electron chi connectivity index (χ0n) is 10.5. The Bertz CT molecular complexity index is 493. The van der Waals surface area contributed by atoms with Crippen molar-refractivity contribution in [2.75, 3.05) is 13.2 Å². The molecule has 6 nitrogen and oxygen atoms in total. The van der Waals surface area contributed by atoms with Crippen molar-refractivity contribution in [3.8, 4) is 0 Å². The lowest BCUT2D eigenvalue weighted by molar-refractivity contribution is 0.198. The number of H-pyrrole nitrogens is 1. The monoisotopic (exact) mass is 273 g/mol. The van der Waals surface area contributed by atoms with Gasteiger partial charge in [0.05, 0.1) is 6.20 Å². The van der Waals surface area contributed by atoms with Crippen molar-refractivity contribution in [3.05, 3.63) is 12.0 Å². The van der Waals surface area contributed by atoms with Gasteiger partial charge in [0, 0.05) is 19.2 Å². The number of aliphatic hydroxyl groups excluding tert-OH is 1. The van der Waals surface area contributed by atoms with Crippen LogP contribution in [0, 0.1) is 6.92 Å². The van der Waals surface area contributed by atoms with Crippen LogP contribution in [0.4, 0.5) is 0 Å². The van der Waals surface area contributed by atoms with Crippen LogP contribution in [0.3, 0.4) is 0 Å². The second kappa shape index (κ2) is 5.38. The Labute approximate surface area is 107 Å². The number of imidazole rings is 1. The Morgan fingerprint density at radius 3 is 2.72 bits per heavy atom. The van der Waals surface area contributed by atoms with Crippen LogP contribution >= 0.6 is 0 Å². The van der Waals surface area contributed by atoms with Crippen LogP contribution in [0.2, 0.25) is 0 Å². The van der Waals surface area contributed by atoms with Gasteiger partial charge in [-0.2, -0.15) is 4.31 Å². The normalized spacial score (nSPS) is 17.1. The van der Waals surface area contributed by atoms with Gasteiger partial charge in [-0.1, -0.05) is 6.42 Å². The minimum absolute atomic E-state index is 0.000738. The number of nitrogens with one attached hydrogen (secondary N) is 1. The van der Waals surface area contributed by atoms with Gasteiger partial charge in [-0.05, 0) is 26.2 Å². The van der Waals surface area contributed by atoms with E-state index in [4.69, 9.17) is 5.11 Å². The lowest BCUT2D eigenvalue weighted by atomic mass is 9.93. The summed E-state index contributed by atoms with van der Waals surface area (Å²) in [5.41, 5.74) is 0. The van der Waals surface area contributed by atoms with E-state index in [1.807, 2.05) is 0 Å². The summed E-state index contributed by atoms with van der Waals surface area (Å²) in [6.45, 7) is 2.09. The van der Waals surface area contributed by atoms with Gasteiger partial charge in [0.15, 0.2) is 5.03 Å². The van der Waals surface area contributed by atoms with Gasteiger partial charge in [-0.25, -0.2) is 13.4 Å². The van der Waals surface area contributed by atoms with E-state index in [1.165, 1.54) is 10.5 Å². The van der Waals surface area contributed by atoms with Crippen LogP contribution in [-0.4, -0.2) is 47.0 Å². The summed E-state index contributed by atoms with van der Waals surface area (Å²) >= 11 is 0. The lowest BCUT2D eigenvalue weighted by Crippen LogP contribution is -2.44. The zero-order chi connectivity index (χ0) is 13.2. The summed E-state index contributed by atoms with van der Waals surface area (Å²) in [6.07, 6.45) is 4.69. The fraction of sp³-hybridized carbons (Fsp3) is 0.727. The van der Waals surface area contributed by atoms with Gasteiger partial charge in [0.25, 0.3) is 10.0 Å². The van der Waals surface area contributed by atoms with Gasteiger partial charge >= 0.3 is 0 Å². The number of nitrogens with zero attached hydrogens (tertiary/aromatic N) is 2. The van der Waals surface area contributed by atoms with E-state index >= 15 is 0 Å². The van der Waals surface area contributed by atoms with E-state index in [2.05, 4.69) is 9.97 Å². The Kier molecular flexibility index (Phi) is 4.04. The van der Waals surface area contributed by atoms with Crippen molar-refractivity contribution in [2.24, 2.45) is 0 Å². The van der Waals surface area contributed by atoms with Gasteiger partial charge in [-0.3, -0.25) is 0 Å². The van der Waals surface area contributed by atoms with Gasteiger partial charge in [-0.15, -0.1) is 0 Å². The van der Waals surface area contributed by atoms with Crippen molar-refractivity contribution in [1.82, 2.24) is 14.3 Å². The molecule has 0 amide bonds. The highest BCUT2D eigenvalue weighted by Gasteiger charge is 2.35. The first-order chi connectivity index (χ1) is 8.55. The number of rotatable bonds is 6. The molecular weight excluding hydrogens is 254 g/mol. The molecule has 0 atom stereocenters. The van der Waals surface area contributed by atoms with Gasteiger partial charge in [0.2, 0.25) is 0 Å². The quantitative estimate of drug-likeness (QED) is 0.796. The molecule has 2 N–H and O–H groups in total. The summed E-state index contributed by atoms with van der Waals surface area (Å²) in [6, 6.07) is 0.0742. The van der Waals surface area contributed by atoms with E-state index in [0.29, 0.717) is 18.8 Å². The second-order valence-electron chi connectivity index (χ2n) is 4.61. The number of aromatic nitrogens is 2. The molecule has 1 heterocycles. The molecule has 2 rings (SSSR count). The van der Waals surface area contributed by atoms with Crippen LogP contribution in [0.1, 0.15) is 31.5 Å². The molecule has 1 aromatic heterocycles. The third kappa shape index (κ3) is 2.57. The summed E-state index contributed by atoms with van der Waals surface area (Å²) in [4.78, 5) is 6.71. The molecule has 0 bridgehead atoms. The molecule has 0 aromatic carbocycles. The average molecular weight is 273 g/mol. The standard InChI is InChI=1S/C11H19N3O3S/c1-9-12-8-11(13-9)18(16,17)14(6-3-7-15)10-4-2-5-10/h8,10,15H,2-7H2,1H3,(H,12,13). The molecule has 1 aromatic rings. The number of hydrogen-bond acceptors (Lipinski definition) is 4. The third-order valence-corrected chi connectivity index (χ3v) is 5.15. The number of aryl methyl sites for hydroxylation is 1. The Morgan fingerprint density at radius 2 is 2.28 bits per heavy atom. The topological polar surface area (TPSA) is 86.3 Å². The van der Waals surface area contributed by atoms with Crippen LogP contribution < -0.4 is 0 Å². The molecule has 0 saturated heterocycles. The number of aliphatic hydroxyl groups is 1. The Morgan fingerprint density at radius 1 is 1.56 bits per heavy atom. The average Bonchev–Trinajstić information content (AvgIpc) is 2.68. The maximum Gasteiger partial charge on any atom is 0.260 e. The maximum absolute atomic E-state index is 12.5. The largest absolute Gasteiger partial charge is 0.396 e. The highest BCUT2D eigenvalue weighted by atomic mass is 32.2. The van der Waals surface area contributed by atoms with Crippen LogP contribution in [0.15, 0.2) is 11.2 Å². The fourth-order valence-electron chi connectivity index (χ4n) is 2.06. The van der Waals surface area contributed by atoms with Crippen molar-refractivity contribution in [2.45, 2.75) is 43.7 Å². The first-order valence-electron chi connectivity index (χ1n) is 6.20. The molecular formula is C11H19N3O3S. The summed E-state index contributed by atoms with van der Waals surface area (Å²) in [5, 5.41) is 9.03. The van der Waals surface area contributed by atoms with Gasteiger partial charge < -0.3 is 10.1 Å². The molecule has 0 aliphatic heterocycles. The van der Waals surface area contributed by atoms with Crippen LogP contribution in [0.5, 0.6) is 0 Å². The molecule has 0 radical (unpaired) electrons. The molecule has 7 heteroatoms. The number of hydrogen-bond donors (Lipinski definition) is 2. The Balaban J connectivity index is 2.22. The molecule has 1 saturated carbocycles. The molecule has 102 valence electrons. The van der Waals surface area contributed by atoms with E-state index in [9.17, 15) is 8.42 Å². The van der Waals surface area contributed by atoms with Crippen molar-refractivity contribution < 1.29 is 13.5 Å². The van der Waals surface area contributed by atoms with Crippen molar-refractivity contribution in [1.29, 1.82) is 0 Å². The van der Waals surface area contributed by atoms with E-state index in [1.54, 1.807) is 6.92 Å². The predicted octanol–water partition coefficient (Wildman–Crippen LogP) is 0.644. The highest BCUT2D eigenvalue weighted by Crippen LogP contribution is 2.29. The van der Waals surface area contributed by atoms with E-state index < -0.39 is 10.0 Å². The molecule has 1 fully saturated rings. The number of sulfonamides is 1. The Hall–Kier alpha value is -0.920. The predicted molar refractivity (Wildman–Crippen MR) is 66.6 cm³/mol. The minimum atomic E-state index is -3.51. The second-order valence-corrected chi connectivity index (χ2v) is 6.47. The van der Waals surface area contributed by atoms with Gasteiger partial charge in [0.1, 0.15) is 5.82 Å². The van der Waals surface area contributed by atoms with Crippen molar-refractivity contribution >= 4 is 10.0 Å².